The van der Waals surface area contributed by atoms with Crippen molar-refractivity contribution < 1.29 is 22.8 Å². The number of alkyl halides is 3. The highest BCUT2D eigenvalue weighted by Crippen LogP contribution is 2.54. The Morgan fingerprint density at radius 1 is 1.28 bits per heavy atom. The first kappa shape index (κ1) is 22.3. The number of aromatic nitrogens is 2. The highest BCUT2D eigenvalue weighted by Gasteiger charge is 2.56. The van der Waals surface area contributed by atoms with Crippen LogP contribution < -0.4 is 15.5 Å². The van der Waals surface area contributed by atoms with E-state index in [1.165, 1.54) is 12.3 Å². The Hall–Kier alpha value is -2.88. The van der Waals surface area contributed by atoms with Gasteiger partial charge in [0.05, 0.1) is 16.6 Å². The smallest absolute Gasteiger partial charge is 0.353 e. The van der Waals surface area contributed by atoms with E-state index in [0.717, 1.165) is 25.1 Å². The monoisotopic (exact) mass is 467 g/mol. The molecule has 2 aromatic heterocycles. The minimum absolute atomic E-state index is 0.0759. The summed E-state index contributed by atoms with van der Waals surface area (Å²) in [6.45, 7) is 2.64. The first-order chi connectivity index (χ1) is 15.1. The SMILES string of the molecule is CCC(=O)Nc1cc(C(=O)NC2CN(c3ncc(C(F)(F)F)cc3Cl)CC23CC3)ccn1. The molecule has 1 unspecified atom stereocenters. The quantitative estimate of drug-likeness (QED) is 0.696. The Labute approximate surface area is 187 Å². The van der Waals surface area contributed by atoms with E-state index in [-0.39, 0.29) is 34.1 Å². The molecule has 1 spiro atoms. The fraction of sp³-hybridized carbons (Fsp3) is 0.429. The van der Waals surface area contributed by atoms with Gasteiger partial charge in [-0.25, -0.2) is 9.97 Å². The van der Waals surface area contributed by atoms with Crippen molar-refractivity contribution >= 4 is 35.1 Å². The summed E-state index contributed by atoms with van der Waals surface area (Å²) in [4.78, 5) is 34.2. The van der Waals surface area contributed by atoms with Gasteiger partial charge >= 0.3 is 6.18 Å². The van der Waals surface area contributed by atoms with E-state index < -0.39 is 11.7 Å². The summed E-state index contributed by atoms with van der Waals surface area (Å²) in [5, 5.41) is 5.57. The highest BCUT2D eigenvalue weighted by atomic mass is 35.5. The number of hydrogen-bond donors (Lipinski definition) is 2. The van der Waals surface area contributed by atoms with Crippen LogP contribution in [-0.4, -0.2) is 40.9 Å². The molecule has 1 aliphatic carbocycles. The van der Waals surface area contributed by atoms with Crippen LogP contribution in [0.4, 0.5) is 24.8 Å². The minimum Gasteiger partial charge on any atom is -0.353 e. The van der Waals surface area contributed by atoms with Crippen molar-refractivity contribution in [3.63, 3.8) is 0 Å². The molecule has 170 valence electrons. The normalized spacial score (nSPS) is 19.2. The average molecular weight is 468 g/mol. The number of pyridine rings is 2. The van der Waals surface area contributed by atoms with E-state index in [1.54, 1.807) is 13.0 Å². The van der Waals surface area contributed by atoms with Gasteiger partial charge in [0.2, 0.25) is 5.91 Å². The molecule has 2 aliphatic rings. The van der Waals surface area contributed by atoms with E-state index in [9.17, 15) is 22.8 Å². The number of carbonyl (C=O) groups excluding carboxylic acids is 2. The maximum atomic E-state index is 12.9. The molecule has 0 bridgehead atoms. The summed E-state index contributed by atoms with van der Waals surface area (Å²) in [5.41, 5.74) is -0.707. The number of anilines is 2. The van der Waals surface area contributed by atoms with Crippen LogP contribution >= 0.6 is 11.6 Å². The van der Waals surface area contributed by atoms with Gasteiger partial charge in [-0.2, -0.15) is 13.2 Å². The molecule has 2 N–H and O–H groups in total. The summed E-state index contributed by atoms with van der Waals surface area (Å²) >= 11 is 6.12. The van der Waals surface area contributed by atoms with Crippen LogP contribution in [0.3, 0.4) is 0 Å². The maximum Gasteiger partial charge on any atom is 0.417 e. The first-order valence-corrected chi connectivity index (χ1v) is 10.5. The standard InChI is InChI=1S/C21H21ClF3N5O2/c1-2-17(31)29-16-7-12(3-6-26-16)19(32)28-15-10-30(11-20(15)4-5-20)18-14(22)8-13(9-27-18)21(23,24)25/h3,6-9,15H,2,4-5,10-11H2,1H3,(H,28,32)(H,26,29,31). The summed E-state index contributed by atoms with van der Waals surface area (Å²) in [7, 11) is 0. The fourth-order valence-electron chi connectivity index (χ4n) is 3.93. The van der Waals surface area contributed by atoms with Crippen LogP contribution in [0, 0.1) is 5.41 Å². The molecule has 2 fully saturated rings. The third-order valence-electron chi connectivity index (χ3n) is 5.90. The number of nitrogens with one attached hydrogen (secondary N) is 2. The van der Waals surface area contributed by atoms with E-state index in [4.69, 9.17) is 11.6 Å². The van der Waals surface area contributed by atoms with Crippen molar-refractivity contribution in [1.29, 1.82) is 0 Å². The lowest BCUT2D eigenvalue weighted by Gasteiger charge is -2.20. The van der Waals surface area contributed by atoms with E-state index in [2.05, 4.69) is 20.6 Å². The zero-order valence-electron chi connectivity index (χ0n) is 17.2. The van der Waals surface area contributed by atoms with Crippen LogP contribution in [0.2, 0.25) is 5.02 Å². The number of carbonyl (C=O) groups is 2. The molecule has 2 aromatic rings. The maximum absolute atomic E-state index is 12.9. The minimum atomic E-state index is -4.52. The zero-order chi connectivity index (χ0) is 23.1. The Morgan fingerprint density at radius 3 is 2.66 bits per heavy atom. The number of hydrogen-bond acceptors (Lipinski definition) is 5. The van der Waals surface area contributed by atoms with E-state index in [1.807, 2.05) is 4.90 Å². The Morgan fingerprint density at radius 2 is 2.03 bits per heavy atom. The molecular weight excluding hydrogens is 447 g/mol. The molecule has 1 saturated heterocycles. The van der Waals surface area contributed by atoms with Crippen LogP contribution in [-0.2, 0) is 11.0 Å². The lowest BCUT2D eigenvalue weighted by atomic mass is 10.0. The highest BCUT2D eigenvalue weighted by molar-refractivity contribution is 6.33. The summed E-state index contributed by atoms with van der Waals surface area (Å²) in [6.07, 6.45) is -0.231. The average Bonchev–Trinajstić information content (AvgIpc) is 3.43. The molecule has 11 heteroatoms. The zero-order valence-corrected chi connectivity index (χ0v) is 17.9. The summed E-state index contributed by atoms with van der Waals surface area (Å²) in [5.74, 6) is 0.0407. The van der Waals surface area contributed by atoms with Crippen molar-refractivity contribution in [2.45, 2.75) is 38.4 Å². The van der Waals surface area contributed by atoms with Crippen molar-refractivity contribution in [3.05, 3.63) is 46.7 Å². The molecule has 1 aliphatic heterocycles. The molecule has 3 heterocycles. The van der Waals surface area contributed by atoms with Crippen LogP contribution in [0.25, 0.3) is 0 Å². The van der Waals surface area contributed by atoms with E-state index >= 15 is 0 Å². The molecule has 0 aromatic carbocycles. The van der Waals surface area contributed by atoms with Gasteiger partial charge in [-0.3, -0.25) is 9.59 Å². The molecule has 1 saturated carbocycles. The summed E-state index contributed by atoms with van der Waals surface area (Å²) < 4.78 is 38.7. The van der Waals surface area contributed by atoms with Gasteiger partial charge in [-0.15, -0.1) is 0 Å². The van der Waals surface area contributed by atoms with Crippen LogP contribution in [0.15, 0.2) is 30.6 Å². The number of halogens is 4. The van der Waals surface area contributed by atoms with Gasteiger partial charge < -0.3 is 15.5 Å². The van der Waals surface area contributed by atoms with Gasteiger partial charge in [-0.05, 0) is 31.0 Å². The number of amides is 2. The Balaban J connectivity index is 1.48. The molecule has 32 heavy (non-hydrogen) atoms. The molecule has 4 rings (SSSR count). The summed E-state index contributed by atoms with van der Waals surface area (Å²) in [6, 6.07) is 3.72. The lowest BCUT2D eigenvalue weighted by molar-refractivity contribution is -0.137. The van der Waals surface area contributed by atoms with Gasteiger partial charge in [-0.1, -0.05) is 18.5 Å². The van der Waals surface area contributed by atoms with Crippen molar-refractivity contribution in [2.24, 2.45) is 5.41 Å². The first-order valence-electron chi connectivity index (χ1n) is 10.2. The van der Waals surface area contributed by atoms with Crippen molar-refractivity contribution in [1.82, 2.24) is 15.3 Å². The second-order valence-corrected chi connectivity index (χ2v) is 8.53. The fourth-order valence-corrected chi connectivity index (χ4v) is 4.21. The van der Waals surface area contributed by atoms with Gasteiger partial charge in [0, 0.05) is 42.9 Å². The predicted molar refractivity (Wildman–Crippen MR) is 113 cm³/mol. The van der Waals surface area contributed by atoms with Crippen LogP contribution in [0.5, 0.6) is 0 Å². The van der Waals surface area contributed by atoms with Gasteiger partial charge in [0.15, 0.2) is 0 Å². The van der Waals surface area contributed by atoms with Gasteiger partial charge in [0.25, 0.3) is 5.91 Å². The largest absolute Gasteiger partial charge is 0.417 e. The second-order valence-electron chi connectivity index (χ2n) is 8.13. The number of rotatable bonds is 5. The topological polar surface area (TPSA) is 87.2 Å². The molecule has 0 radical (unpaired) electrons. The Kier molecular flexibility index (Phi) is 5.74. The molecular formula is C21H21ClF3N5O2. The predicted octanol–water partition coefficient (Wildman–Crippen LogP) is 3.90. The van der Waals surface area contributed by atoms with Gasteiger partial charge in [0.1, 0.15) is 11.6 Å². The molecule has 1 atom stereocenters. The van der Waals surface area contributed by atoms with Crippen molar-refractivity contribution in [2.75, 3.05) is 23.3 Å². The third kappa shape index (κ3) is 4.50. The number of nitrogens with zero attached hydrogens (tertiary/aromatic N) is 3. The third-order valence-corrected chi connectivity index (χ3v) is 6.18. The lowest BCUT2D eigenvalue weighted by Crippen LogP contribution is -2.41. The van der Waals surface area contributed by atoms with Crippen LogP contribution in [0.1, 0.15) is 42.1 Å². The Bertz CT molecular complexity index is 1060. The molecule has 7 nitrogen and oxygen atoms in total. The van der Waals surface area contributed by atoms with Crippen molar-refractivity contribution in [3.8, 4) is 0 Å². The molecule has 2 amide bonds. The second kappa shape index (κ2) is 8.23. The van der Waals surface area contributed by atoms with E-state index in [0.29, 0.717) is 30.9 Å².